The maximum absolute atomic E-state index is 13.6. The summed E-state index contributed by atoms with van der Waals surface area (Å²) in [6.07, 6.45) is -2.53. The Labute approximate surface area is 232 Å². The molecule has 0 bridgehead atoms. The number of amides is 1. The third-order valence-corrected chi connectivity index (χ3v) is 6.77. The third-order valence-electron chi connectivity index (χ3n) is 5.88. The average molecular weight is 571 g/mol. The second-order valence-electron chi connectivity index (χ2n) is 9.70. The van der Waals surface area contributed by atoms with E-state index in [4.69, 9.17) is 5.73 Å². The lowest BCUT2D eigenvalue weighted by Crippen LogP contribution is -2.19. The molecule has 1 aromatic heterocycles. The molecule has 4 aromatic rings. The van der Waals surface area contributed by atoms with Crippen molar-refractivity contribution in [2.24, 2.45) is 4.99 Å². The van der Waals surface area contributed by atoms with Crippen LogP contribution in [0.3, 0.4) is 0 Å². The molecule has 0 radical (unpaired) electrons. The van der Waals surface area contributed by atoms with E-state index in [9.17, 15) is 27.5 Å². The number of aromatic nitrogens is 1. The van der Waals surface area contributed by atoms with E-state index >= 15 is 0 Å². The number of carbonyl (C=O) groups is 1. The van der Waals surface area contributed by atoms with Crippen molar-refractivity contribution in [1.29, 1.82) is 0 Å². The van der Waals surface area contributed by atoms with E-state index in [2.05, 4.69) is 15.3 Å². The largest absolute Gasteiger partial charge is 0.416 e. The summed E-state index contributed by atoms with van der Waals surface area (Å²) in [6, 6.07) is 13.6. The van der Waals surface area contributed by atoms with Gasteiger partial charge in [-0.1, -0.05) is 24.3 Å². The quantitative estimate of drug-likeness (QED) is 0.120. The van der Waals surface area contributed by atoms with Gasteiger partial charge in [-0.2, -0.15) is 13.2 Å². The molecule has 0 saturated carbocycles. The minimum atomic E-state index is -4.51. The van der Waals surface area contributed by atoms with Gasteiger partial charge in [-0.25, -0.2) is 9.37 Å². The van der Waals surface area contributed by atoms with Crippen LogP contribution < -0.4 is 11.1 Å². The van der Waals surface area contributed by atoms with Crippen molar-refractivity contribution in [2.75, 3.05) is 17.6 Å². The highest BCUT2D eigenvalue weighted by Gasteiger charge is 2.30. The van der Waals surface area contributed by atoms with E-state index in [0.717, 1.165) is 23.5 Å². The van der Waals surface area contributed by atoms with Crippen LogP contribution in [-0.4, -0.2) is 34.4 Å². The standard InChI is InChI=1S/C29H26F4N4O2S/c1-28(2,39)10-11-35-15-19-13-24(22(14-23(19)34)17-6-8-21(30)9-7-17)36-26(38)25-16-40-27(37-25)18-4-3-5-20(12-18)29(31,32)33/h3-9,12-16,39H,10-11,34H2,1-2H3,(H,36,38). The molecule has 0 saturated heterocycles. The fourth-order valence-electron chi connectivity index (χ4n) is 3.74. The first-order valence-electron chi connectivity index (χ1n) is 12.2. The van der Waals surface area contributed by atoms with Gasteiger partial charge in [-0.3, -0.25) is 9.79 Å². The summed E-state index contributed by atoms with van der Waals surface area (Å²) >= 11 is 1.04. The number of carbonyl (C=O) groups excluding carboxylic acids is 1. The molecule has 0 spiro atoms. The summed E-state index contributed by atoms with van der Waals surface area (Å²) in [5, 5.41) is 14.4. The lowest BCUT2D eigenvalue weighted by Gasteiger charge is -2.15. The molecule has 0 aliphatic heterocycles. The summed E-state index contributed by atoms with van der Waals surface area (Å²) < 4.78 is 53.0. The number of benzene rings is 3. The first-order chi connectivity index (χ1) is 18.8. The van der Waals surface area contributed by atoms with Crippen molar-refractivity contribution in [1.82, 2.24) is 4.98 Å². The van der Waals surface area contributed by atoms with Crippen LogP contribution in [0.5, 0.6) is 0 Å². The summed E-state index contributed by atoms with van der Waals surface area (Å²) in [4.78, 5) is 21.8. The van der Waals surface area contributed by atoms with Gasteiger partial charge in [0.05, 0.1) is 11.2 Å². The maximum Gasteiger partial charge on any atom is 0.416 e. The normalized spacial score (nSPS) is 12.2. The SMILES string of the molecule is CC(C)(O)CCN=Cc1cc(NC(=O)c2csc(-c3cccc(C(F)(F)F)c3)n2)c(-c2ccc(F)cc2)cc1N. The Morgan fingerprint density at radius 1 is 1.10 bits per heavy atom. The zero-order chi connectivity index (χ0) is 29.1. The van der Waals surface area contributed by atoms with Crippen molar-refractivity contribution in [3.05, 3.63) is 88.7 Å². The van der Waals surface area contributed by atoms with Crippen LogP contribution in [-0.2, 0) is 6.18 Å². The van der Waals surface area contributed by atoms with Crippen molar-refractivity contribution < 1.29 is 27.5 Å². The van der Waals surface area contributed by atoms with Crippen molar-refractivity contribution >= 4 is 34.8 Å². The minimum Gasteiger partial charge on any atom is -0.398 e. The lowest BCUT2D eigenvalue weighted by molar-refractivity contribution is -0.137. The Hall–Kier alpha value is -4.09. The summed E-state index contributed by atoms with van der Waals surface area (Å²) in [5.74, 6) is -1.02. The third kappa shape index (κ3) is 7.30. The van der Waals surface area contributed by atoms with Gasteiger partial charge in [0.1, 0.15) is 16.5 Å². The zero-order valence-corrected chi connectivity index (χ0v) is 22.4. The molecule has 208 valence electrons. The number of hydrogen-bond donors (Lipinski definition) is 3. The summed E-state index contributed by atoms with van der Waals surface area (Å²) in [6.45, 7) is 3.71. The van der Waals surface area contributed by atoms with Crippen molar-refractivity contribution in [3.63, 3.8) is 0 Å². The number of nitrogen functional groups attached to an aromatic ring is 1. The molecule has 1 heterocycles. The molecule has 4 N–H and O–H groups in total. The molecule has 0 unspecified atom stereocenters. The van der Waals surface area contributed by atoms with Crippen LogP contribution >= 0.6 is 11.3 Å². The van der Waals surface area contributed by atoms with Crippen LogP contribution in [0.4, 0.5) is 28.9 Å². The van der Waals surface area contributed by atoms with E-state index in [1.807, 2.05) is 0 Å². The highest BCUT2D eigenvalue weighted by Crippen LogP contribution is 2.35. The number of nitrogens with one attached hydrogen (secondary N) is 1. The first-order valence-corrected chi connectivity index (χ1v) is 13.0. The first kappa shape index (κ1) is 28.9. The molecule has 0 atom stereocenters. The molecule has 11 heteroatoms. The second kappa shape index (κ2) is 11.6. The monoisotopic (exact) mass is 570 g/mol. The van der Waals surface area contributed by atoms with Gasteiger partial charge in [-0.05, 0) is 62.2 Å². The predicted octanol–water partition coefficient (Wildman–Crippen LogP) is 7.05. The molecule has 6 nitrogen and oxygen atoms in total. The number of rotatable bonds is 8. The van der Waals surface area contributed by atoms with Crippen LogP contribution in [0.2, 0.25) is 0 Å². The molecule has 4 rings (SSSR count). The highest BCUT2D eigenvalue weighted by molar-refractivity contribution is 7.13. The fourth-order valence-corrected chi connectivity index (χ4v) is 4.54. The lowest BCUT2D eigenvalue weighted by atomic mass is 10.00. The predicted molar refractivity (Wildman–Crippen MR) is 150 cm³/mol. The Balaban J connectivity index is 1.64. The number of aliphatic hydroxyl groups is 1. The van der Waals surface area contributed by atoms with Crippen LogP contribution in [0.1, 0.15) is 41.9 Å². The molecular formula is C29H26F4N4O2S. The van der Waals surface area contributed by atoms with Gasteiger partial charge < -0.3 is 16.2 Å². The maximum atomic E-state index is 13.6. The van der Waals surface area contributed by atoms with Gasteiger partial charge in [0, 0.05) is 46.2 Å². The second-order valence-corrected chi connectivity index (χ2v) is 10.6. The number of anilines is 2. The highest BCUT2D eigenvalue weighted by atomic mass is 32.1. The minimum absolute atomic E-state index is 0.0136. The number of alkyl halides is 3. The molecule has 0 fully saturated rings. The Morgan fingerprint density at radius 3 is 2.50 bits per heavy atom. The van der Waals surface area contributed by atoms with Gasteiger partial charge >= 0.3 is 6.18 Å². The molecule has 0 aliphatic rings. The topological polar surface area (TPSA) is 101 Å². The van der Waals surface area contributed by atoms with E-state index in [1.54, 1.807) is 44.3 Å². The number of halogens is 4. The average Bonchev–Trinajstić information content (AvgIpc) is 3.38. The number of aliphatic imine (C=N–C) groups is 1. The van der Waals surface area contributed by atoms with Gasteiger partial charge in [0.15, 0.2) is 0 Å². The smallest absolute Gasteiger partial charge is 0.398 e. The van der Waals surface area contributed by atoms with E-state index in [1.165, 1.54) is 29.6 Å². The fraction of sp³-hybridized carbons (Fsp3) is 0.207. The van der Waals surface area contributed by atoms with E-state index in [0.29, 0.717) is 41.0 Å². The summed E-state index contributed by atoms with van der Waals surface area (Å²) in [5.41, 5.74) is 7.17. The number of hydrogen-bond acceptors (Lipinski definition) is 6. The van der Waals surface area contributed by atoms with E-state index < -0.39 is 29.1 Å². The number of thiazole rings is 1. The zero-order valence-electron chi connectivity index (χ0n) is 21.6. The van der Waals surface area contributed by atoms with Crippen LogP contribution in [0, 0.1) is 5.82 Å². The van der Waals surface area contributed by atoms with Crippen LogP contribution in [0.25, 0.3) is 21.7 Å². The van der Waals surface area contributed by atoms with Gasteiger partial charge in [0.2, 0.25) is 0 Å². The van der Waals surface area contributed by atoms with Crippen LogP contribution in [0.15, 0.2) is 71.0 Å². The Morgan fingerprint density at radius 2 is 1.82 bits per heavy atom. The van der Waals surface area contributed by atoms with E-state index in [-0.39, 0.29) is 16.3 Å². The molecule has 0 aliphatic carbocycles. The van der Waals surface area contributed by atoms with Crippen molar-refractivity contribution in [3.8, 4) is 21.7 Å². The van der Waals surface area contributed by atoms with Gasteiger partial charge in [0.25, 0.3) is 5.91 Å². The Kier molecular flexibility index (Phi) is 8.36. The number of nitrogens with zero attached hydrogens (tertiary/aromatic N) is 2. The molecule has 3 aromatic carbocycles. The molecule has 1 amide bonds. The van der Waals surface area contributed by atoms with Gasteiger partial charge in [-0.15, -0.1) is 11.3 Å². The summed E-state index contributed by atoms with van der Waals surface area (Å²) in [7, 11) is 0. The molecule has 40 heavy (non-hydrogen) atoms. The van der Waals surface area contributed by atoms with Crippen molar-refractivity contribution in [2.45, 2.75) is 32.0 Å². The molecular weight excluding hydrogens is 544 g/mol. The number of nitrogens with two attached hydrogens (primary N) is 1. The Bertz CT molecular complexity index is 1540.